The zero-order valence-electron chi connectivity index (χ0n) is 12.9. The van der Waals surface area contributed by atoms with Gasteiger partial charge in [0.15, 0.2) is 0 Å². The van der Waals surface area contributed by atoms with E-state index < -0.39 is 11.4 Å². The van der Waals surface area contributed by atoms with E-state index >= 15 is 0 Å². The normalized spacial score (nSPS) is 20.9. The van der Waals surface area contributed by atoms with E-state index in [0.29, 0.717) is 6.42 Å². The average molecular weight is 284 g/mol. The number of aliphatic carboxylic acids is 1. The van der Waals surface area contributed by atoms with Crippen LogP contribution in [0.4, 0.5) is 0 Å². The Hall–Kier alpha value is -1.10. The molecule has 5 heteroatoms. The molecule has 0 radical (unpaired) electrons. The van der Waals surface area contributed by atoms with E-state index in [4.69, 9.17) is 0 Å². The Morgan fingerprint density at radius 2 is 1.90 bits per heavy atom. The molecule has 1 aliphatic rings. The summed E-state index contributed by atoms with van der Waals surface area (Å²) < 4.78 is 0. The molecule has 0 aromatic rings. The van der Waals surface area contributed by atoms with Gasteiger partial charge < -0.3 is 15.7 Å². The number of piperidine rings is 1. The zero-order chi connectivity index (χ0) is 15.2. The lowest BCUT2D eigenvalue weighted by atomic mass is 9.74. The van der Waals surface area contributed by atoms with Gasteiger partial charge in [-0.3, -0.25) is 9.59 Å². The summed E-state index contributed by atoms with van der Waals surface area (Å²) in [5.74, 6) is -0.822. The van der Waals surface area contributed by atoms with Crippen molar-refractivity contribution >= 4 is 11.9 Å². The first kappa shape index (κ1) is 17.0. The molecule has 3 N–H and O–H groups in total. The standard InChI is InChI=1S/C15H28N2O3/c1-4-6-15(7-9-16-10-8-15)12(18)17-11-14(3,5-2)13(19)20/h16H,4-11H2,1-3H3,(H,17,18)(H,19,20). The van der Waals surface area contributed by atoms with Crippen LogP contribution in [0.2, 0.25) is 0 Å². The lowest BCUT2D eigenvalue weighted by Crippen LogP contribution is -2.50. The van der Waals surface area contributed by atoms with Crippen LogP contribution in [-0.2, 0) is 9.59 Å². The number of carbonyl (C=O) groups excluding carboxylic acids is 1. The Morgan fingerprint density at radius 1 is 1.30 bits per heavy atom. The summed E-state index contributed by atoms with van der Waals surface area (Å²) in [6.07, 6.45) is 4.02. The second-order valence-electron chi connectivity index (χ2n) is 6.18. The lowest BCUT2D eigenvalue weighted by molar-refractivity contribution is -0.148. The molecule has 1 unspecified atom stereocenters. The Morgan fingerprint density at radius 3 is 2.35 bits per heavy atom. The number of hydrogen-bond acceptors (Lipinski definition) is 3. The van der Waals surface area contributed by atoms with Gasteiger partial charge in [-0.1, -0.05) is 20.3 Å². The van der Waals surface area contributed by atoms with Crippen LogP contribution in [0, 0.1) is 10.8 Å². The van der Waals surface area contributed by atoms with Crippen LogP contribution in [0.15, 0.2) is 0 Å². The SMILES string of the molecule is CCCC1(C(=O)NCC(C)(CC)C(=O)O)CCNCC1. The lowest BCUT2D eigenvalue weighted by Gasteiger charge is -2.37. The number of amides is 1. The number of hydrogen-bond donors (Lipinski definition) is 3. The Kier molecular flexibility index (Phi) is 5.99. The third-order valence-corrected chi connectivity index (χ3v) is 4.71. The third kappa shape index (κ3) is 3.72. The van der Waals surface area contributed by atoms with Crippen LogP contribution in [0.3, 0.4) is 0 Å². The third-order valence-electron chi connectivity index (χ3n) is 4.71. The van der Waals surface area contributed by atoms with Crippen LogP contribution in [-0.4, -0.2) is 36.6 Å². The van der Waals surface area contributed by atoms with Crippen molar-refractivity contribution in [1.82, 2.24) is 10.6 Å². The van der Waals surface area contributed by atoms with Gasteiger partial charge in [-0.25, -0.2) is 0 Å². The van der Waals surface area contributed by atoms with Gasteiger partial charge in [0.1, 0.15) is 0 Å². The van der Waals surface area contributed by atoms with Crippen molar-refractivity contribution in [3.63, 3.8) is 0 Å². The second kappa shape index (κ2) is 7.07. The van der Waals surface area contributed by atoms with Crippen molar-refractivity contribution in [3.8, 4) is 0 Å². The summed E-state index contributed by atoms with van der Waals surface area (Å²) in [4.78, 5) is 23.8. The van der Waals surface area contributed by atoms with E-state index in [-0.39, 0.29) is 17.9 Å². The van der Waals surface area contributed by atoms with Crippen LogP contribution in [0.5, 0.6) is 0 Å². The largest absolute Gasteiger partial charge is 0.481 e. The number of nitrogens with one attached hydrogen (secondary N) is 2. The van der Waals surface area contributed by atoms with Crippen LogP contribution in [0.25, 0.3) is 0 Å². The summed E-state index contributed by atoms with van der Waals surface area (Å²) in [7, 11) is 0. The fourth-order valence-corrected chi connectivity index (χ4v) is 2.79. The molecule has 1 atom stereocenters. The first-order valence-electron chi connectivity index (χ1n) is 7.62. The molecule has 0 saturated carbocycles. The minimum Gasteiger partial charge on any atom is -0.481 e. The summed E-state index contributed by atoms with van der Waals surface area (Å²) in [5.41, 5.74) is -1.19. The van der Waals surface area contributed by atoms with Crippen molar-refractivity contribution in [1.29, 1.82) is 0 Å². The van der Waals surface area contributed by atoms with Gasteiger partial charge >= 0.3 is 5.97 Å². The Balaban J connectivity index is 2.69. The van der Waals surface area contributed by atoms with Crippen molar-refractivity contribution < 1.29 is 14.7 Å². The topological polar surface area (TPSA) is 78.4 Å². The molecule has 1 amide bonds. The van der Waals surface area contributed by atoms with Gasteiger partial charge in [-0.2, -0.15) is 0 Å². The van der Waals surface area contributed by atoms with E-state index in [1.165, 1.54) is 0 Å². The molecule has 5 nitrogen and oxygen atoms in total. The maximum Gasteiger partial charge on any atom is 0.311 e. The van der Waals surface area contributed by atoms with Gasteiger partial charge in [-0.15, -0.1) is 0 Å². The monoisotopic (exact) mass is 284 g/mol. The molecule has 1 aliphatic heterocycles. The fourth-order valence-electron chi connectivity index (χ4n) is 2.79. The molecule has 20 heavy (non-hydrogen) atoms. The molecule has 0 aromatic carbocycles. The quantitative estimate of drug-likeness (QED) is 0.666. The molecule has 0 spiro atoms. The van der Waals surface area contributed by atoms with E-state index in [0.717, 1.165) is 38.8 Å². The maximum absolute atomic E-state index is 12.6. The molecule has 0 aliphatic carbocycles. The minimum absolute atomic E-state index is 0.0294. The smallest absolute Gasteiger partial charge is 0.311 e. The van der Waals surface area contributed by atoms with Gasteiger partial charge in [0.2, 0.25) is 5.91 Å². The van der Waals surface area contributed by atoms with E-state index in [1.54, 1.807) is 6.92 Å². The molecule has 1 rings (SSSR count). The highest BCUT2D eigenvalue weighted by Gasteiger charge is 2.40. The van der Waals surface area contributed by atoms with E-state index in [2.05, 4.69) is 17.6 Å². The van der Waals surface area contributed by atoms with Crippen molar-refractivity contribution in [3.05, 3.63) is 0 Å². The summed E-state index contributed by atoms with van der Waals surface area (Å²) >= 11 is 0. The van der Waals surface area contributed by atoms with Gasteiger partial charge in [0.25, 0.3) is 0 Å². The van der Waals surface area contributed by atoms with Gasteiger partial charge in [0, 0.05) is 6.54 Å². The average Bonchev–Trinajstić information content (AvgIpc) is 2.45. The predicted octanol–water partition coefficient (Wildman–Crippen LogP) is 1.77. The van der Waals surface area contributed by atoms with Crippen molar-refractivity contribution in [2.45, 2.75) is 52.9 Å². The van der Waals surface area contributed by atoms with Gasteiger partial charge in [0.05, 0.1) is 10.8 Å². The van der Waals surface area contributed by atoms with Crippen LogP contribution < -0.4 is 10.6 Å². The predicted molar refractivity (Wildman–Crippen MR) is 78.5 cm³/mol. The van der Waals surface area contributed by atoms with Gasteiger partial charge in [-0.05, 0) is 45.7 Å². The molecule has 0 aromatic heterocycles. The fraction of sp³-hybridized carbons (Fsp3) is 0.867. The zero-order valence-corrected chi connectivity index (χ0v) is 12.9. The second-order valence-corrected chi connectivity index (χ2v) is 6.18. The Labute approximate surface area is 121 Å². The van der Waals surface area contributed by atoms with E-state index in [9.17, 15) is 14.7 Å². The maximum atomic E-state index is 12.6. The molecule has 1 fully saturated rings. The minimum atomic E-state index is -0.879. The summed E-state index contributed by atoms with van der Waals surface area (Å²) in [6.45, 7) is 7.53. The summed E-state index contributed by atoms with van der Waals surface area (Å²) in [5, 5.41) is 15.4. The molecular weight excluding hydrogens is 256 g/mol. The molecule has 1 heterocycles. The highest BCUT2D eigenvalue weighted by atomic mass is 16.4. The molecule has 116 valence electrons. The van der Waals surface area contributed by atoms with Crippen molar-refractivity contribution in [2.75, 3.05) is 19.6 Å². The molecule has 1 saturated heterocycles. The number of carboxylic acid groups (broad SMARTS) is 1. The number of rotatable bonds is 7. The number of carboxylic acids is 1. The van der Waals surface area contributed by atoms with Crippen molar-refractivity contribution in [2.24, 2.45) is 10.8 Å². The first-order valence-corrected chi connectivity index (χ1v) is 7.62. The van der Waals surface area contributed by atoms with Crippen LogP contribution in [0.1, 0.15) is 52.9 Å². The van der Waals surface area contributed by atoms with E-state index in [1.807, 2.05) is 6.92 Å². The highest BCUT2D eigenvalue weighted by Crippen LogP contribution is 2.34. The molecular formula is C15H28N2O3. The van der Waals surface area contributed by atoms with Crippen LogP contribution >= 0.6 is 0 Å². The summed E-state index contributed by atoms with van der Waals surface area (Å²) in [6, 6.07) is 0. The molecule has 0 bridgehead atoms. The Bertz CT molecular complexity index is 346. The number of carbonyl (C=O) groups is 2. The first-order chi connectivity index (χ1) is 9.40. The highest BCUT2D eigenvalue weighted by molar-refractivity contribution is 5.84.